The molecule has 0 spiro atoms. The van der Waals surface area contributed by atoms with E-state index in [1.165, 1.54) is 0 Å². The van der Waals surface area contributed by atoms with Gasteiger partial charge in [0.2, 0.25) is 0 Å². The van der Waals surface area contributed by atoms with E-state index in [4.69, 9.17) is 0 Å². The van der Waals surface area contributed by atoms with Gasteiger partial charge in [-0.05, 0) is 11.5 Å². The molecular formula is C11H13FO. The van der Waals surface area contributed by atoms with Crippen LogP contribution in [0.2, 0.25) is 0 Å². The fourth-order valence-electron chi connectivity index (χ4n) is 1.23. The molecule has 70 valence electrons. The Morgan fingerprint density at radius 2 is 1.85 bits per heavy atom. The van der Waals surface area contributed by atoms with Crippen LogP contribution in [0.1, 0.15) is 19.4 Å². The van der Waals surface area contributed by atoms with Crippen LogP contribution in [0, 0.1) is 5.92 Å². The predicted octanol–water partition coefficient (Wildman–Crippen LogP) is 2.71. The monoisotopic (exact) mass is 180 g/mol. The molecular weight excluding hydrogens is 167 g/mol. The predicted molar refractivity (Wildman–Crippen MR) is 50.1 cm³/mol. The fraction of sp³-hybridized carbons (Fsp3) is 0.364. The van der Waals surface area contributed by atoms with Gasteiger partial charge in [-0.3, -0.25) is 4.79 Å². The lowest BCUT2D eigenvalue weighted by molar-refractivity contribution is -0.121. The first-order valence-corrected chi connectivity index (χ1v) is 4.32. The van der Waals surface area contributed by atoms with Gasteiger partial charge in [-0.15, -0.1) is 0 Å². The summed E-state index contributed by atoms with van der Waals surface area (Å²) in [5, 5.41) is 0. The molecule has 0 radical (unpaired) electrons. The van der Waals surface area contributed by atoms with E-state index >= 15 is 0 Å². The maximum Gasteiger partial charge on any atom is 0.192 e. The Morgan fingerprint density at radius 3 is 2.23 bits per heavy atom. The van der Waals surface area contributed by atoms with Crippen molar-refractivity contribution in [2.75, 3.05) is 0 Å². The Labute approximate surface area is 77.6 Å². The van der Waals surface area contributed by atoms with Gasteiger partial charge in [-0.2, -0.15) is 0 Å². The summed E-state index contributed by atoms with van der Waals surface area (Å²) in [5.74, 6) is -0.340. The summed E-state index contributed by atoms with van der Waals surface area (Å²) in [6, 6.07) is 8.53. The van der Waals surface area contributed by atoms with Crippen LogP contribution in [-0.4, -0.2) is 6.29 Å². The quantitative estimate of drug-likeness (QED) is 0.653. The Balaban J connectivity index is 3.10. The van der Waals surface area contributed by atoms with Crippen LogP contribution in [0.3, 0.4) is 0 Å². The Kier molecular flexibility index (Phi) is 2.81. The van der Waals surface area contributed by atoms with Crippen LogP contribution >= 0.6 is 0 Å². The van der Waals surface area contributed by atoms with Gasteiger partial charge >= 0.3 is 0 Å². The highest BCUT2D eigenvalue weighted by Gasteiger charge is 2.35. The van der Waals surface area contributed by atoms with E-state index in [1.807, 2.05) is 0 Å². The molecule has 1 atom stereocenters. The summed E-state index contributed by atoms with van der Waals surface area (Å²) < 4.78 is 14.0. The third-order valence-electron chi connectivity index (χ3n) is 2.23. The van der Waals surface area contributed by atoms with Crippen molar-refractivity contribution in [3.05, 3.63) is 35.9 Å². The van der Waals surface area contributed by atoms with Crippen LogP contribution in [-0.2, 0) is 10.5 Å². The smallest absolute Gasteiger partial charge is 0.192 e. The van der Waals surface area contributed by atoms with Crippen LogP contribution < -0.4 is 0 Å². The Bertz CT molecular complexity index is 281. The van der Waals surface area contributed by atoms with Crippen molar-refractivity contribution < 1.29 is 9.18 Å². The van der Waals surface area contributed by atoms with Gasteiger partial charge in [-0.1, -0.05) is 44.2 Å². The number of alkyl halides is 1. The summed E-state index contributed by atoms with van der Waals surface area (Å²) >= 11 is 0. The molecule has 1 aromatic carbocycles. The maximum absolute atomic E-state index is 14.0. The second kappa shape index (κ2) is 3.69. The Hall–Kier alpha value is -1.18. The minimum Gasteiger partial charge on any atom is -0.299 e. The van der Waals surface area contributed by atoms with Crippen LogP contribution in [0.5, 0.6) is 0 Å². The molecule has 1 unspecified atom stereocenters. The standard InChI is InChI=1S/C11H13FO/c1-9(2)11(12,8-13)10-6-4-3-5-7-10/h3-9H,1-2H3. The van der Waals surface area contributed by atoms with Crippen LogP contribution in [0.15, 0.2) is 30.3 Å². The number of hydrogen-bond donors (Lipinski definition) is 0. The highest BCUT2D eigenvalue weighted by Crippen LogP contribution is 2.31. The molecule has 0 aliphatic heterocycles. The van der Waals surface area contributed by atoms with Gasteiger partial charge in [0.25, 0.3) is 0 Å². The van der Waals surface area contributed by atoms with Crippen molar-refractivity contribution in [3.8, 4) is 0 Å². The summed E-state index contributed by atoms with van der Waals surface area (Å²) in [6.07, 6.45) is 0.382. The SMILES string of the molecule is CC(C)C(F)(C=O)c1ccccc1. The number of hydrogen-bond acceptors (Lipinski definition) is 1. The lowest BCUT2D eigenvalue weighted by Crippen LogP contribution is -2.28. The minimum atomic E-state index is -1.85. The molecule has 0 amide bonds. The van der Waals surface area contributed by atoms with E-state index in [2.05, 4.69) is 0 Å². The van der Waals surface area contributed by atoms with Gasteiger partial charge in [0.15, 0.2) is 12.0 Å². The number of halogens is 1. The molecule has 13 heavy (non-hydrogen) atoms. The molecule has 1 aromatic rings. The third kappa shape index (κ3) is 1.77. The molecule has 0 heterocycles. The number of carbonyl (C=O) groups excluding carboxylic acids is 1. The highest BCUT2D eigenvalue weighted by atomic mass is 19.1. The van der Waals surface area contributed by atoms with E-state index in [9.17, 15) is 9.18 Å². The molecule has 0 aliphatic carbocycles. The summed E-state index contributed by atoms with van der Waals surface area (Å²) in [4.78, 5) is 10.7. The first kappa shape index (κ1) is 9.90. The molecule has 0 saturated carbocycles. The van der Waals surface area contributed by atoms with Crippen LogP contribution in [0.25, 0.3) is 0 Å². The van der Waals surface area contributed by atoms with Gasteiger partial charge in [-0.25, -0.2) is 4.39 Å². The van der Waals surface area contributed by atoms with Gasteiger partial charge in [0.05, 0.1) is 0 Å². The number of aldehydes is 1. The van der Waals surface area contributed by atoms with Crippen molar-refractivity contribution in [1.82, 2.24) is 0 Å². The lowest BCUT2D eigenvalue weighted by Gasteiger charge is -2.23. The fourth-order valence-corrected chi connectivity index (χ4v) is 1.23. The molecule has 1 nitrogen and oxygen atoms in total. The number of carbonyl (C=O) groups is 1. The topological polar surface area (TPSA) is 17.1 Å². The van der Waals surface area contributed by atoms with E-state index in [1.54, 1.807) is 44.2 Å². The average molecular weight is 180 g/mol. The molecule has 1 rings (SSSR count). The first-order valence-electron chi connectivity index (χ1n) is 4.32. The van der Waals surface area contributed by atoms with Crippen LogP contribution in [0.4, 0.5) is 4.39 Å². The zero-order valence-corrected chi connectivity index (χ0v) is 7.83. The van der Waals surface area contributed by atoms with Gasteiger partial charge in [0.1, 0.15) is 0 Å². The Morgan fingerprint density at radius 1 is 1.31 bits per heavy atom. The normalized spacial score (nSPS) is 15.4. The summed E-state index contributed by atoms with van der Waals surface area (Å²) in [5.41, 5.74) is -1.42. The maximum atomic E-state index is 14.0. The van der Waals surface area contributed by atoms with Crippen molar-refractivity contribution >= 4 is 6.29 Å². The van der Waals surface area contributed by atoms with E-state index in [0.29, 0.717) is 11.8 Å². The van der Waals surface area contributed by atoms with E-state index in [-0.39, 0.29) is 5.92 Å². The third-order valence-corrected chi connectivity index (χ3v) is 2.23. The molecule has 0 fully saturated rings. The molecule has 0 saturated heterocycles. The van der Waals surface area contributed by atoms with Crippen molar-refractivity contribution in [2.45, 2.75) is 19.5 Å². The zero-order valence-electron chi connectivity index (χ0n) is 7.83. The molecule has 2 heteroatoms. The summed E-state index contributed by atoms with van der Waals surface area (Å²) in [6.45, 7) is 3.39. The molecule has 0 aliphatic rings. The van der Waals surface area contributed by atoms with Crippen molar-refractivity contribution in [1.29, 1.82) is 0 Å². The average Bonchev–Trinajstić information content (AvgIpc) is 2.17. The second-order valence-electron chi connectivity index (χ2n) is 3.41. The molecule has 0 N–H and O–H groups in total. The summed E-state index contributed by atoms with van der Waals surface area (Å²) in [7, 11) is 0. The van der Waals surface area contributed by atoms with Gasteiger partial charge < -0.3 is 0 Å². The molecule has 0 bridgehead atoms. The van der Waals surface area contributed by atoms with E-state index in [0.717, 1.165) is 0 Å². The minimum absolute atomic E-state index is 0.340. The second-order valence-corrected chi connectivity index (χ2v) is 3.41. The molecule has 0 aromatic heterocycles. The largest absolute Gasteiger partial charge is 0.299 e. The number of benzene rings is 1. The van der Waals surface area contributed by atoms with Crippen molar-refractivity contribution in [2.24, 2.45) is 5.92 Å². The zero-order chi connectivity index (χ0) is 9.90. The number of rotatable bonds is 3. The first-order chi connectivity index (χ1) is 6.11. The lowest BCUT2D eigenvalue weighted by atomic mass is 9.87. The highest BCUT2D eigenvalue weighted by molar-refractivity contribution is 5.66. The van der Waals surface area contributed by atoms with E-state index < -0.39 is 5.67 Å². The van der Waals surface area contributed by atoms with Gasteiger partial charge in [0, 0.05) is 0 Å². The van der Waals surface area contributed by atoms with Crippen molar-refractivity contribution in [3.63, 3.8) is 0 Å².